The van der Waals surface area contributed by atoms with E-state index < -0.39 is 5.97 Å². The van der Waals surface area contributed by atoms with Gasteiger partial charge in [-0.15, -0.1) is 11.3 Å². The Morgan fingerprint density at radius 3 is 2.50 bits per heavy atom. The molecule has 0 aliphatic carbocycles. The molecule has 0 bridgehead atoms. The van der Waals surface area contributed by atoms with Gasteiger partial charge in [0, 0.05) is 10.4 Å². The van der Waals surface area contributed by atoms with E-state index in [4.69, 9.17) is 4.74 Å². The quantitative estimate of drug-likeness (QED) is 0.694. The van der Waals surface area contributed by atoms with Gasteiger partial charge in [0.1, 0.15) is 10.4 Å². The zero-order valence-electron chi connectivity index (χ0n) is 11.2. The van der Waals surface area contributed by atoms with Gasteiger partial charge in [-0.25, -0.2) is 4.79 Å². The van der Waals surface area contributed by atoms with Crippen LogP contribution in [0.5, 0.6) is 5.75 Å². The van der Waals surface area contributed by atoms with Gasteiger partial charge in [-0.3, -0.25) is 4.79 Å². The number of carbonyl (C=O) groups excluding carboxylic acids is 2. The molecule has 0 spiro atoms. The molecular weight excluding hydrogens is 276 g/mol. The summed E-state index contributed by atoms with van der Waals surface area (Å²) in [5.74, 6) is -1.20. The number of ether oxygens (including phenoxy) is 1. The molecule has 1 heterocycles. The molecule has 0 aliphatic rings. The maximum absolute atomic E-state index is 12.3. The monoisotopic (exact) mass is 290 g/mol. The summed E-state index contributed by atoms with van der Waals surface area (Å²) >= 11 is 1.10. The summed E-state index contributed by atoms with van der Waals surface area (Å²) in [6.07, 6.45) is 0. The van der Waals surface area contributed by atoms with Crippen molar-refractivity contribution in [1.29, 1.82) is 0 Å². The number of hydrogen-bond donors (Lipinski definition) is 1. The van der Waals surface area contributed by atoms with Crippen molar-refractivity contribution in [1.82, 2.24) is 0 Å². The van der Waals surface area contributed by atoms with Crippen LogP contribution < -0.4 is 0 Å². The highest BCUT2D eigenvalue weighted by molar-refractivity contribution is 7.15. The first-order valence-corrected chi connectivity index (χ1v) is 6.97. The molecule has 1 N–H and O–H groups in total. The SMILES string of the molecule is CCOC(=O)c1c(C)sc(C(=O)c2ccccc2)c1O. The second-order valence-corrected chi connectivity index (χ2v) is 5.35. The summed E-state index contributed by atoms with van der Waals surface area (Å²) in [5, 5.41) is 10.1. The molecule has 2 aromatic rings. The summed E-state index contributed by atoms with van der Waals surface area (Å²) in [4.78, 5) is 24.8. The fourth-order valence-electron chi connectivity index (χ4n) is 1.85. The van der Waals surface area contributed by atoms with E-state index in [1.807, 2.05) is 0 Å². The van der Waals surface area contributed by atoms with Gasteiger partial charge in [0.25, 0.3) is 0 Å². The summed E-state index contributed by atoms with van der Waals surface area (Å²) in [6, 6.07) is 8.64. The van der Waals surface area contributed by atoms with E-state index in [0.29, 0.717) is 10.4 Å². The van der Waals surface area contributed by atoms with Crippen LogP contribution in [0.15, 0.2) is 30.3 Å². The zero-order valence-corrected chi connectivity index (χ0v) is 12.0. The Bertz CT molecular complexity index is 643. The molecule has 0 unspecified atom stereocenters. The van der Waals surface area contributed by atoms with Gasteiger partial charge in [-0.05, 0) is 13.8 Å². The molecule has 0 aliphatic heterocycles. The number of aromatic hydroxyl groups is 1. The third kappa shape index (κ3) is 2.58. The Kier molecular flexibility index (Phi) is 4.20. The predicted molar refractivity (Wildman–Crippen MR) is 76.6 cm³/mol. The van der Waals surface area contributed by atoms with E-state index in [2.05, 4.69) is 0 Å². The number of rotatable bonds is 4. The molecule has 0 atom stereocenters. The van der Waals surface area contributed by atoms with Crippen molar-refractivity contribution in [3.8, 4) is 5.75 Å². The first-order valence-electron chi connectivity index (χ1n) is 6.15. The van der Waals surface area contributed by atoms with Gasteiger partial charge < -0.3 is 9.84 Å². The number of aryl methyl sites for hydroxylation is 1. The Hall–Kier alpha value is -2.14. The second-order valence-electron chi connectivity index (χ2n) is 4.13. The standard InChI is InChI=1S/C15H14O4S/c1-3-19-15(18)11-9(2)20-14(13(11)17)12(16)10-7-5-4-6-8-10/h4-8,17H,3H2,1-2H3. The van der Waals surface area contributed by atoms with Crippen LogP contribution in [0.4, 0.5) is 0 Å². The molecule has 5 heteroatoms. The molecule has 4 nitrogen and oxygen atoms in total. The summed E-state index contributed by atoms with van der Waals surface area (Å²) in [6.45, 7) is 3.58. The Morgan fingerprint density at radius 1 is 1.25 bits per heavy atom. The number of carbonyl (C=O) groups is 2. The lowest BCUT2D eigenvalue weighted by Gasteiger charge is -2.02. The van der Waals surface area contributed by atoms with Gasteiger partial charge in [-0.1, -0.05) is 30.3 Å². The molecule has 20 heavy (non-hydrogen) atoms. The highest BCUT2D eigenvalue weighted by Gasteiger charge is 2.26. The van der Waals surface area contributed by atoms with Crippen LogP contribution in [0.1, 0.15) is 37.4 Å². The third-order valence-electron chi connectivity index (χ3n) is 2.78. The number of benzene rings is 1. The Morgan fingerprint density at radius 2 is 1.90 bits per heavy atom. The molecule has 0 radical (unpaired) electrons. The highest BCUT2D eigenvalue weighted by Crippen LogP contribution is 2.36. The van der Waals surface area contributed by atoms with Crippen molar-refractivity contribution in [2.24, 2.45) is 0 Å². The smallest absolute Gasteiger partial charge is 0.343 e. The summed E-state index contributed by atoms with van der Waals surface area (Å²) in [7, 11) is 0. The van der Waals surface area contributed by atoms with Gasteiger partial charge >= 0.3 is 5.97 Å². The van der Waals surface area contributed by atoms with Crippen molar-refractivity contribution in [3.05, 3.63) is 51.2 Å². The highest BCUT2D eigenvalue weighted by atomic mass is 32.1. The minimum Gasteiger partial charge on any atom is -0.505 e. The molecule has 0 fully saturated rings. The first kappa shape index (κ1) is 14.3. The van der Waals surface area contributed by atoms with E-state index in [1.54, 1.807) is 44.2 Å². The van der Waals surface area contributed by atoms with Gasteiger partial charge in [0.15, 0.2) is 5.75 Å². The first-order chi connectivity index (χ1) is 9.56. The van der Waals surface area contributed by atoms with Gasteiger partial charge in [0.2, 0.25) is 5.78 Å². The van der Waals surface area contributed by atoms with Crippen molar-refractivity contribution < 1.29 is 19.4 Å². The molecule has 0 saturated carbocycles. The average molecular weight is 290 g/mol. The van der Waals surface area contributed by atoms with E-state index in [9.17, 15) is 14.7 Å². The van der Waals surface area contributed by atoms with Crippen molar-refractivity contribution in [3.63, 3.8) is 0 Å². The third-order valence-corrected chi connectivity index (χ3v) is 3.87. The number of thiophene rings is 1. The predicted octanol–water partition coefficient (Wildman–Crippen LogP) is 3.17. The van der Waals surface area contributed by atoms with Crippen LogP contribution in [-0.2, 0) is 4.74 Å². The topological polar surface area (TPSA) is 63.6 Å². The normalized spacial score (nSPS) is 10.3. The fraction of sp³-hybridized carbons (Fsp3) is 0.200. The van der Waals surface area contributed by atoms with E-state index >= 15 is 0 Å². The second kappa shape index (κ2) is 5.88. The molecular formula is C15H14O4S. The van der Waals surface area contributed by atoms with Crippen LogP contribution in [0.3, 0.4) is 0 Å². The molecule has 0 saturated heterocycles. The molecule has 1 aromatic heterocycles. The van der Waals surface area contributed by atoms with Crippen molar-refractivity contribution in [2.75, 3.05) is 6.61 Å². The minimum absolute atomic E-state index is 0.0798. The van der Waals surface area contributed by atoms with Crippen LogP contribution in [0.2, 0.25) is 0 Å². The summed E-state index contributed by atoms with van der Waals surface area (Å²) < 4.78 is 4.88. The lowest BCUT2D eigenvalue weighted by Crippen LogP contribution is -2.05. The Balaban J connectivity index is 2.42. The molecule has 0 amide bonds. The van der Waals surface area contributed by atoms with Crippen molar-refractivity contribution >= 4 is 23.1 Å². The molecule has 2 rings (SSSR count). The lowest BCUT2D eigenvalue weighted by atomic mass is 10.1. The number of ketones is 1. The van der Waals surface area contributed by atoms with Crippen LogP contribution in [0.25, 0.3) is 0 Å². The van der Waals surface area contributed by atoms with E-state index in [1.165, 1.54) is 0 Å². The van der Waals surface area contributed by atoms with Crippen LogP contribution in [-0.4, -0.2) is 23.5 Å². The average Bonchev–Trinajstić information content (AvgIpc) is 2.74. The fourth-order valence-corrected chi connectivity index (χ4v) is 2.85. The van der Waals surface area contributed by atoms with E-state index in [0.717, 1.165) is 11.3 Å². The lowest BCUT2D eigenvalue weighted by molar-refractivity contribution is 0.0523. The Labute approximate surface area is 120 Å². The van der Waals surface area contributed by atoms with Crippen LogP contribution in [0, 0.1) is 6.92 Å². The number of hydrogen-bond acceptors (Lipinski definition) is 5. The minimum atomic E-state index is -0.606. The maximum Gasteiger partial charge on any atom is 0.343 e. The van der Waals surface area contributed by atoms with E-state index in [-0.39, 0.29) is 28.6 Å². The molecule has 1 aromatic carbocycles. The molecule has 104 valence electrons. The number of esters is 1. The van der Waals surface area contributed by atoms with Gasteiger partial charge in [0.05, 0.1) is 6.61 Å². The van der Waals surface area contributed by atoms with Gasteiger partial charge in [-0.2, -0.15) is 0 Å². The van der Waals surface area contributed by atoms with Crippen molar-refractivity contribution in [2.45, 2.75) is 13.8 Å². The summed E-state index contributed by atoms with van der Waals surface area (Å²) in [5.41, 5.74) is 0.551. The largest absolute Gasteiger partial charge is 0.505 e. The zero-order chi connectivity index (χ0) is 14.7. The van der Waals surface area contributed by atoms with Crippen LogP contribution >= 0.6 is 11.3 Å². The maximum atomic E-state index is 12.3.